The van der Waals surface area contributed by atoms with Gasteiger partial charge >= 0.3 is 5.97 Å². The van der Waals surface area contributed by atoms with Gasteiger partial charge in [-0.2, -0.15) is 0 Å². The first-order valence-corrected chi connectivity index (χ1v) is 12.0. The molecule has 0 saturated carbocycles. The van der Waals surface area contributed by atoms with Gasteiger partial charge in [0.2, 0.25) is 5.91 Å². The molecule has 34 heavy (non-hydrogen) atoms. The van der Waals surface area contributed by atoms with E-state index in [-0.39, 0.29) is 30.5 Å². The highest BCUT2D eigenvalue weighted by Gasteiger charge is 2.40. The smallest absolute Gasteiger partial charge is 0.335 e. The molecule has 2 aliphatic rings. The average molecular weight is 470 g/mol. The Morgan fingerprint density at radius 1 is 1.35 bits per heavy atom. The van der Waals surface area contributed by atoms with Crippen molar-refractivity contribution in [2.75, 3.05) is 26.4 Å². The summed E-state index contributed by atoms with van der Waals surface area (Å²) in [6, 6.07) is 7.28. The first-order valence-electron chi connectivity index (χ1n) is 12.0. The van der Waals surface area contributed by atoms with Gasteiger partial charge in [0, 0.05) is 19.1 Å². The first kappa shape index (κ1) is 25.8. The molecule has 1 heterocycles. The summed E-state index contributed by atoms with van der Waals surface area (Å²) in [7, 11) is 0. The number of benzene rings is 1. The summed E-state index contributed by atoms with van der Waals surface area (Å²) >= 11 is 0. The van der Waals surface area contributed by atoms with Gasteiger partial charge in [-0.25, -0.2) is 4.79 Å². The van der Waals surface area contributed by atoms with Crippen molar-refractivity contribution < 1.29 is 29.3 Å². The molecule has 1 unspecified atom stereocenters. The molecule has 1 saturated heterocycles. The van der Waals surface area contributed by atoms with Crippen molar-refractivity contribution in [2.45, 2.75) is 57.4 Å². The van der Waals surface area contributed by atoms with E-state index in [9.17, 15) is 14.7 Å². The molecule has 1 fully saturated rings. The van der Waals surface area contributed by atoms with Crippen LogP contribution >= 0.6 is 0 Å². The minimum absolute atomic E-state index is 0.125. The lowest BCUT2D eigenvalue weighted by Gasteiger charge is -2.34. The lowest BCUT2D eigenvalue weighted by atomic mass is 9.73. The van der Waals surface area contributed by atoms with Gasteiger partial charge in [0.15, 0.2) is 0 Å². The van der Waals surface area contributed by atoms with Crippen LogP contribution in [-0.2, 0) is 19.7 Å². The number of hydrogen-bond acceptors (Lipinski definition) is 5. The second-order valence-corrected chi connectivity index (χ2v) is 9.05. The van der Waals surface area contributed by atoms with Crippen LogP contribution in [0.3, 0.4) is 0 Å². The first-order chi connectivity index (χ1) is 16.4. The van der Waals surface area contributed by atoms with E-state index in [4.69, 9.17) is 14.6 Å². The summed E-state index contributed by atoms with van der Waals surface area (Å²) in [4.78, 5) is 24.8. The normalized spacial score (nSPS) is 20.1. The molecule has 0 aromatic heterocycles. The number of aliphatic hydroxyl groups excluding tert-OH is 1. The van der Waals surface area contributed by atoms with Crippen molar-refractivity contribution in [3.63, 3.8) is 0 Å². The molecule has 1 aliphatic carbocycles. The highest BCUT2D eigenvalue weighted by molar-refractivity contribution is 5.90. The molecule has 0 spiro atoms. The maximum atomic E-state index is 13.7. The van der Waals surface area contributed by atoms with Crippen LogP contribution in [0.2, 0.25) is 0 Å². The molecule has 3 N–H and O–H groups in total. The molecule has 3 atom stereocenters. The fourth-order valence-electron chi connectivity index (χ4n) is 4.58. The van der Waals surface area contributed by atoms with E-state index in [1.165, 1.54) is 6.08 Å². The summed E-state index contributed by atoms with van der Waals surface area (Å²) in [5.74, 6) is -0.0821. The number of amides is 1. The van der Waals surface area contributed by atoms with Gasteiger partial charge in [-0.1, -0.05) is 31.6 Å². The van der Waals surface area contributed by atoms with E-state index < -0.39 is 11.4 Å². The number of carboxylic acids is 1. The van der Waals surface area contributed by atoms with Gasteiger partial charge in [0.25, 0.3) is 0 Å². The Kier molecular flexibility index (Phi) is 9.11. The molecule has 3 rings (SSSR count). The van der Waals surface area contributed by atoms with E-state index in [1.807, 2.05) is 38.1 Å². The maximum Gasteiger partial charge on any atom is 0.335 e. The molecule has 1 aromatic rings. The fourth-order valence-corrected chi connectivity index (χ4v) is 4.58. The van der Waals surface area contributed by atoms with Crippen LogP contribution in [0.15, 0.2) is 53.3 Å². The van der Waals surface area contributed by atoms with Crippen LogP contribution in [0.4, 0.5) is 0 Å². The number of nitrogens with one attached hydrogen (secondary N) is 1. The Bertz CT molecular complexity index is 963. The monoisotopic (exact) mass is 469 g/mol. The highest BCUT2D eigenvalue weighted by Crippen LogP contribution is 2.36. The number of aliphatic hydroxyl groups is 1. The molecule has 0 radical (unpaired) electrons. The van der Waals surface area contributed by atoms with Crippen LogP contribution in [0.25, 0.3) is 0 Å². The number of allylic oxidation sites excluding steroid dienone is 1. The Labute approximate surface area is 201 Å². The minimum Gasteiger partial charge on any atom is -0.493 e. The number of rotatable bonds is 12. The Balaban J connectivity index is 1.81. The number of ether oxygens (including phenoxy) is 2. The van der Waals surface area contributed by atoms with Crippen molar-refractivity contribution in [1.29, 1.82) is 0 Å². The van der Waals surface area contributed by atoms with Gasteiger partial charge in [-0.05, 0) is 62.0 Å². The van der Waals surface area contributed by atoms with E-state index in [0.717, 1.165) is 30.6 Å². The zero-order valence-corrected chi connectivity index (χ0v) is 20.0. The standard InChI is InChI=1S/C27H35NO6/c1-3-12-27(13-14-29,23-5-4-6-24(16-23)34-18-20-11-15-33-17-20)26(32)28-19(2)21-7-9-22(10-8-21)25(30)31/h4-6,9-10,16,19-20,29H,3,7,11-15,17-18H2,1-2H3,(H,28,32)(H,30,31)/t19-,20+,27?/m0/s1. The Morgan fingerprint density at radius 3 is 2.79 bits per heavy atom. The Hall–Kier alpha value is -2.86. The van der Waals surface area contributed by atoms with Crippen molar-refractivity contribution in [3.05, 3.63) is 58.9 Å². The van der Waals surface area contributed by atoms with Crippen molar-refractivity contribution in [3.8, 4) is 5.75 Å². The van der Waals surface area contributed by atoms with Gasteiger partial charge < -0.3 is 25.0 Å². The second kappa shape index (κ2) is 12.0. The van der Waals surface area contributed by atoms with Crippen LogP contribution < -0.4 is 10.1 Å². The van der Waals surface area contributed by atoms with Crippen LogP contribution in [0.1, 0.15) is 51.5 Å². The zero-order chi connectivity index (χ0) is 24.6. The summed E-state index contributed by atoms with van der Waals surface area (Å²) in [6.45, 7) is 5.80. The SMILES string of the molecule is CCCC(CCO)(C(=O)N[C@@H](C)C1=C=CC(C(=O)O)=CC1)c1cccc(OC[C@@H]2CCOC2)c1. The number of carboxylic acid groups (broad SMARTS) is 1. The van der Waals surface area contributed by atoms with Crippen molar-refractivity contribution >= 4 is 11.9 Å². The predicted molar refractivity (Wildman–Crippen MR) is 129 cm³/mol. The lowest BCUT2D eigenvalue weighted by molar-refractivity contribution is -0.132. The molecule has 7 heteroatoms. The topological polar surface area (TPSA) is 105 Å². The highest BCUT2D eigenvalue weighted by atomic mass is 16.5. The molecule has 1 amide bonds. The van der Waals surface area contributed by atoms with E-state index in [1.54, 1.807) is 6.08 Å². The third-order valence-electron chi connectivity index (χ3n) is 6.62. The molecule has 184 valence electrons. The molecule has 1 aliphatic heterocycles. The number of aliphatic carboxylic acids is 1. The van der Waals surface area contributed by atoms with Crippen LogP contribution in [0, 0.1) is 5.92 Å². The van der Waals surface area contributed by atoms with E-state index in [0.29, 0.717) is 37.7 Å². The minimum atomic E-state index is -0.990. The Morgan fingerprint density at radius 2 is 2.18 bits per heavy atom. The van der Waals surface area contributed by atoms with Crippen LogP contribution in [0.5, 0.6) is 5.75 Å². The number of carbonyl (C=O) groups excluding carboxylic acids is 1. The number of carbonyl (C=O) groups is 2. The van der Waals surface area contributed by atoms with Crippen molar-refractivity contribution in [1.82, 2.24) is 5.32 Å². The number of hydrogen-bond donors (Lipinski definition) is 3. The summed E-state index contributed by atoms with van der Waals surface area (Å²) in [6.07, 6.45) is 6.08. The third kappa shape index (κ3) is 6.17. The van der Waals surface area contributed by atoms with Gasteiger partial charge in [0.05, 0.1) is 30.2 Å². The van der Waals surface area contributed by atoms with Crippen LogP contribution in [-0.4, -0.2) is 54.6 Å². The summed E-state index contributed by atoms with van der Waals surface area (Å²) in [5, 5.41) is 22.1. The second-order valence-electron chi connectivity index (χ2n) is 9.05. The largest absolute Gasteiger partial charge is 0.493 e. The average Bonchev–Trinajstić information content (AvgIpc) is 3.36. The predicted octanol–water partition coefficient (Wildman–Crippen LogP) is 3.52. The van der Waals surface area contributed by atoms with Gasteiger partial charge in [-0.3, -0.25) is 4.79 Å². The zero-order valence-electron chi connectivity index (χ0n) is 20.0. The summed E-state index contributed by atoms with van der Waals surface area (Å²) in [5.41, 5.74) is 3.92. The third-order valence-corrected chi connectivity index (χ3v) is 6.62. The van der Waals surface area contributed by atoms with Gasteiger partial charge in [0.1, 0.15) is 5.75 Å². The molecule has 7 nitrogen and oxygen atoms in total. The van der Waals surface area contributed by atoms with E-state index in [2.05, 4.69) is 11.0 Å². The van der Waals surface area contributed by atoms with Gasteiger partial charge in [-0.15, -0.1) is 5.73 Å². The quantitative estimate of drug-likeness (QED) is 0.405. The molecule has 1 aromatic carbocycles. The fraction of sp³-hybridized carbons (Fsp3) is 0.519. The molecular formula is C27H35NO6. The molecule has 0 bridgehead atoms. The maximum absolute atomic E-state index is 13.7. The van der Waals surface area contributed by atoms with E-state index >= 15 is 0 Å². The molecular weight excluding hydrogens is 434 g/mol. The van der Waals surface area contributed by atoms with Crippen molar-refractivity contribution in [2.24, 2.45) is 5.92 Å². The lowest BCUT2D eigenvalue weighted by Crippen LogP contribution is -2.48. The summed E-state index contributed by atoms with van der Waals surface area (Å²) < 4.78 is 11.4.